The lowest BCUT2D eigenvalue weighted by molar-refractivity contribution is 0.0689. The van der Waals surface area contributed by atoms with Crippen LogP contribution in [0.1, 0.15) is 10.5 Å². The number of aromatic carboxylic acids is 1. The highest BCUT2D eigenvalue weighted by Crippen LogP contribution is 2.28. The van der Waals surface area contributed by atoms with Crippen LogP contribution in [0.2, 0.25) is 5.02 Å². The second-order valence-electron chi connectivity index (χ2n) is 4.23. The normalized spacial score (nSPS) is 11.1. The van der Waals surface area contributed by atoms with Gasteiger partial charge < -0.3 is 10.1 Å². The molecule has 0 unspecified atom stereocenters. The van der Waals surface area contributed by atoms with Gasteiger partial charge in [-0.2, -0.15) is 5.10 Å². The van der Waals surface area contributed by atoms with Crippen LogP contribution in [-0.4, -0.2) is 25.8 Å². The highest BCUT2D eigenvalue weighted by Gasteiger charge is 2.14. The van der Waals surface area contributed by atoms with Crippen LogP contribution in [-0.2, 0) is 7.05 Å². The second-order valence-corrected chi connectivity index (χ2v) is 4.64. The van der Waals surface area contributed by atoms with Crippen LogP contribution in [0.15, 0.2) is 30.3 Å². The molecule has 0 bridgehead atoms. The fourth-order valence-electron chi connectivity index (χ4n) is 2.08. The predicted octanol–water partition coefficient (Wildman–Crippen LogP) is 2.92. The van der Waals surface area contributed by atoms with Gasteiger partial charge in [0.2, 0.25) is 0 Å². The maximum atomic E-state index is 10.9. The predicted molar refractivity (Wildman–Crippen MR) is 72.5 cm³/mol. The molecule has 0 radical (unpaired) electrons. The van der Waals surface area contributed by atoms with Gasteiger partial charge in [-0.15, -0.1) is 0 Å². The van der Waals surface area contributed by atoms with Crippen LogP contribution in [0.5, 0.6) is 0 Å². The van der Waals surface area contributed by atoms with E-state index < -0.39 is 5.97 Å². The standard InChI is InChI=1S/C13H10ClN3O2/c1-17-11(6-10(16-17)13(18)19)9-5-7-3-2-4-8(14)12(7)15-9/h2-6,15H,1H3,(H,18,19). The average molecular weight is 276 g/mol. The minimum absolute atomic E-state index is 0.0160. The van der Waals surface area contributed by atoms with E-state index >= 15 is 0 Å². The van der Waals surface area contributed by atoms with Crippen LogP contribution in [0.3, 0.4) is 0 Å². The Morgan fingerprint density at radius 1 is 1.42 bits per heavy atom. The third-order valence-corrected chi connectivity index (χ3v) is 3.30. The van der Waals surface area contributed by atoms with Crippen molar-refractivity contribution in [2.75, 3.05) is 0 Å². The highest BCUT2D eigenvalue weighted by atomic mass is 35.5. The van der Waals surface area contributed by atoms with Crippen molar-refractivity contribution in [3.05, 3.63) is 41.0 Å². The molecule has 2 aromatic heterocycles. The van der Waals surface area contributed by atoms with Gasteiger partial charge in [-0.25, -0.2) is 4.79 Å². The van der Waals surface area contributed by atoms with Gasteiger partial charge in [0.15, 0.2) is 5.69 Å². The van der Waals surface area contributed by atoms with Crippen LogP contribution in [0, 0.1) is 0 Å². The van der Waals surface area contributed by atoms with E-state index in [0.29, 0.717) is 10.7 Å². The first-order valence-corrected chi connectivity index (χ1v) is 5.99. The first kappa shape index (κ1) is 11.8. The molecule has 0 saturated heterocycles. The lowest BCUT2D eigenvalue weighted by Crippen LogP contribution is -1.99. The fourth-order valence-corrected chi connectivity index (χ4v) is 2.31. The molecule has 0 spiro atoms. The van der Waals surface area contributed by atoms with Crippen LogP contribution in [0.25, 0.3) is 22.3 Å². The van der Waals surface area contributed by atoms with Gasteiger partial charge in [0.1, 0.15) is 0 Å². The number of nitrogens with one attached hydrogen (secondary N) is 1. The van der Waals surface area contributed by atoms with Crippen molar-refractivity contribution in [1.82, 2.24) is 14.8 Å². The summed E-state index contributed by atoms with van der Waals surface area (Å²) in [5.74, 6) is -1.05. The van der Waals surface area contributed by atoms with Gasteiger partial charge >= 0.3 is 5.97 Å². The molecule has 0 aliphatic heterocycles. The molecular formula is C13H10ClN3O2. The number of hydrogen-bond donors (Lipinski definition) is 2. The number of halogens is 1. The van der Waals surface area contributed by atoms with Gasteiger partial charge in [0.05, 0.1) is 21.9 Å². The zero-order valence-corrected chi connectivity index (χ0v) is 10.8. The number of aromatic nitrogens is 3. The molecule has 0 fully saturated rings. The van der Waals surface area contributed by atoms with Crippen LogP contribution < -0.4 is 0 Å². The van der Waals surface area contributed by atoms with Gasteiger partial charge in [-0.05, 0) is 12.1 Å². The largest absolute Gasteiger partial charge is 0.476 e. The zero-order chi connectivity index (χ0) is 13.6. The molecule has 19 heavy (non-hydrogen) atoms. The third-order valence-electron chi connectivity index (χ3n) is 2.98. The third kappa shape index (κ3) is 1.88. The van der Waals surface area contributed by atoms with Gasteiger partial charge in [0.25, 0.3) is 0 Å². The van der Waals surface area contributed by atoms with Crippen LogP contribution >= 0.6 is 11.6 Å². The molecule has 3 rings (SSSR count). The molecule has 6 heteroatoms. The monoisotopic (exact) mass is 275 g/mol. The summed E-state index contributed by atoms with van der Waals surface area (Å²) in [7, 11) is 1.70. The molecule has 3 aromatic rings. The molecule has 96 valence electrons. The molecular weight excluding hydrogens is 266 g/mol. The molecule has 1 aromatic carbocycles. The topological polar surface area (TPSA) is 70.9 Å². The molecule has 5 nitrogen and oxygen atoms in total. The number of nitrogens with zero attached hydrogens (tertiary/aromatic N) is 2. The lowest BCUT2D eigenvalue weighted by atomic mass is 10.2. The summed E-state index contributed by atoms with van der Waals surface area (Å²) in [4.78, 5) is 14.1. The Morgan fingerprint density at radius 2 is 2.21 bits per heavy atom. The number of benzene rings is 1. The number of carboxylic acids is 1. The SMILES string of the molecule is Cn1nc(C(=O)O)cc1-c1cc2cccc(Cl)c2[nH]1. The van der Waals surface area contributed by atoms with E-state index in [9.17, 15) is 4.79 Å². The Labute approximate surface area is 113 Å². The summed E-state index contributed by atoms with van der Waals surface area (Å²) in [6, 6.07) is 9.06. The van der Waals surface area contributed by atoms with E-state index in [4.69, 9.17) is 16.7 Å². The van der Waals surface area contributed by atoms with E-state index in [2.05, 4.69) is 10.1 Å². The number of fused-ring (bicyclic) bond motifs is 1. The average Bonchev–Trinajstić information content (AvgIpc) is 2.93. The number of rotatable bonds is 2. The molecule has 0 amide bonds. The molecule has 2 heterocycles. The summed E-state index contributed by atoms with van der Waals surface area (Å²) in [5.41, 5.74) is 2.33. The Morgan fingerprint density at radius 3 is 2.84 bits per heavy atom. The minimum atomic E-state index is -1.05. The molecule has 2 N–H and O–H groups in total. The number of hydrogen-bond acceptors (Lipinski definition) is 2. The number of para-hydroxylation sites is 1. The number of H-pyrrole nitrogens is 1. The minimum Gasteiger partial charge on any atom is -0.476 e. The highest BCUT2D eigenvalue weighted by molar-refractivity contribution is 6.35. The van der Waals surface area contributed by atoms with Crippen molar-refractivity contribution in [3.8, 4) is 11.4 Å². The van der Waals surface area contributed by atoms with Crippen molar-refractivity contribution in [1.29, 1.82) is 0 Å². The van der Waals surface area contributed by atoms with Gasteiger partial charge in [0, 0.05) is 18.5 Å². The van der Waals surface area contributed by atoms with E-state index in [0.717, 1.165) is 16.6 Å². The smallest absolute Gasteiger partial charge is 0.356 e. The summed E-state index contributed by atoms with van der Waals surface area (Å²) in [5, 5.41) is 14.5. The number of carboxylic acid groups (broad SMARTS) is 1. The van der Waals surface area contributed by atoms with Crippen molar-refractivity contribution >= 4 is 28.5 Å². The molecule has 0 saturated carbocycles. The van der Waals surface area contributed by atoms with E-state index in [1.807, 2.05) is 18.2 Å². The van der Waals surface area contributed by atoms with Crippen molar-refractivity contribution in [2.24, 2.45) is 7.05 Å². The zero-order valence-electron chi connectivity index (χ0n) is 10.0. The summed E-state index contributed by atoms with van der Waals surface area (Å²) in [6.07, 6.45) is 0. The number of carbonyl (C=O) groups is 1. The van der Waals surface area contributed by atoms with E-state index in [1.54, 1.807) is 13.1 Å². The maximum Gasteiger partial charge on any atom is 0.356 e. The Hall–Kier alpha value is -2.27. The maximum absolute atomic E-state index is 10.9. The van der Waals surface area contributed by atoms with E-state index in [-0.39, 0.29) is 5.69 Å². The van der Waals surface area contributed by atoms with Crippen molar-refractivity contribution < 1.29 is 9.90 Å². The molecule has 0 aliphatic rings. The summed E-state index contributed by atoms with van der Waals surface area (Å²) >= 11 is 6.11. The summed E-state index contributed by atoms with van der Waals surface area (Å²) in [6.45, 7) is 0. The molecule has 0 aliphatic carbocycles. The Bertz CT molecular complexity index is 788. The van der Waals surface area contributed by atoms with Crippen LogP contribution in [0.4, 0.5) is 0 Å². The number of aromatic amines is 1. The quantitative estimate of drug-likeness (QED) is 0.755. The van der Waals surface area contributed by atoms with E-state index in [1.165, 1.54) is 10.7 Å². The Kier molecular flexibility index (Phi) is 2.57. The Balaban J connectivity index is 2.19. The lowest BCUT2D eigenvalue weighted by Gasteiger charge is -1.97. The van der Waals surface area contributed by atoms with Gasteiger partial charge in [-0.1, -0.05) is 23.7 Å². The van der Waals surface area contributed by atoms with Crippen molar-refractivity contribution in [3.63, 3.8) is 0 Å². The second kappa shape index (κ2) is 4.13. The van der Waals surface area contributed by atoms with Crippen molar-refractivity contribution in [2.45, 2.75) is 0 Å². The van der Waals surface area contributed by atoms with Gasteiger partial charge in [-0.3, -0.25) is 4.68 Å². The first-order chi connectivity index (χ1) is 9.06. The summed E-state index contributed by atoms with van der Waals surface area (Å²) < 4.78 is 1.53. The molecule has 0 atom stereocenters. The number of aryl methyl sites for hydroxylation is 1. The fraction of sp³-hybridized carbons (Fsp3) is 0.0769. The first-order valence-electron chi connectivity index (χ1n) is 5.61.